The molecular weight excluding hydrogens is 256 g/mol. The Morgan fingerprint density at radius 1 is 1.35 bits per heavy atom. The molecule has 0 aliphatic carbocycles. The van der Waals surface area contributed by atoms with Gasteiger partial charge in [-0.15, -0.1) is 0 Å². The van der Waals surface area contributed by atoms with Crippen molar-refractivity contribution in [2.75, 3.05) is 19.8 Å². The third-order valence-corrected chi connectivity index (χ3v) is 4.82. The van der Waals surface area contributed by atoms with Crippen LogP contribution in [-0.4, -0.2) is 25.4 Å². The molecule has 2 aliphatic rings. The lowest BCUT2D eigenvalue weighted by atomic mass is 9.76. The average molecular weight is 280 g/mol. The van der Waals surface area contributed by atoms with E-state index in [0.29, 0.717) is 5.92 Å². The molecule has 0 radical (unpaired) electrons. The van der Waals surface area contributed by atoms with Gasteiger partial charge in [0.05, 0.1) is 17.9 Å². The first-order valence-corrected chi connectivity index (χ1v) is 7.46. The van der Waals surface area contributed by atoms with E-state index in [2.05, 4.69) is 5.43 Å². The molecule has 5 heteroatoms. The van der Waals surface area contributed by atoms with Gasteiger partial charge < -0.3 is 13.9 Å². The zero-order valence-electron chi connectivity index (χ0n) is 12.1. The number of rotatable bonds is 3. The highest BCUT2D eigenvalue weighted by molar-refractivity contribution is 5.21. The van der Waals surface area contributed by atoms with Crippen LogP contribution in [0.15, 0.2) is 16.7 Å². The summed E-state index contributed by atoms with van der Waals surface area (Å²) in [5.41, 5.74) is 4.15. The Labute approximate surface area is 119 Å². The van der Waals surface area contributed by atoms with Crippen LogP contribution in [0.4, 0.5) is 0 Å². The topological polar surface area (TPSA) is 69.7 Å². The van der Waals surface area contributed by atoms with Gasteiger partial charge in [0.25, 0.3) is 0 Å². The quantitative estimate of drug-likeness (QED) is 0.655. The number of aryl methyl sites for hydroxylation is 1. The monoisotopic (exact) mass is 280 g/mol. The van der Waals surface area contributed by atoms with Crippen LogP contribution < -0.4 is 11.3 Å². The van der Waals surface area contributed by atoms with E-state index >= 15 is 0 Å². The van der Waals surface area contributed by atoms with Crippen LogP contribution in [0, 0.1) is 12.8 Å². The molecule has 5 nitrogen and oxygen atoms in total. The van der Waals surface area contributed by atoms with Crippen LogP contribution in [0.2, 0.25) is 0 Å². The zero-order valence-corrected chi connectivity index (χ0v) is 12.1. The van der Waals surface area contributed by atoms with E-state index in [1.165, 1.54) is 5.56 Å². The van der Waals surface area contributed by atoms with Crippen molar-refractivity contribution in [1.82, 2.24) is 5.43 Å². The first-order chi connectivity index (χ1) is 9.74. The van der Waals surface area contributed by atoms with Gasteiger partial charge in [-0.2, -0.15) is 0 Å². The summed E-state index contributed by atoms with van der Waals surface area (Å²) in [6.07, 6.45) is 5.78. The summed E-state index contributed by atoms with van der Waals surface area (Å²) in [6.45, 7) is 4.40. The van der Waals surface area contributed by atoms with Crippen LogP contribution in [-0.2, 0) is 9.47 Å². The van der Waals surface area contributed by atoms with E-state index < -0.39 is 0 Å². The number of nitrogens with two attached hydrogens (primary N) is 1. The molecule has 0 aromatic carbocycles. The second-order valence-corrected chi connectivity index (χ2v) is 5.97. The molecule has 2 fully saturated rings. The lowest BCUT2D eigenvalue weighted by Crippen LogP contribution is -2.47. The molecule has 0 saturated carbocycles. The Morgan fingerprint density at radius 3 is 2.80 bits per heavy atom. The van der Waals surface area contributed by atoms with Crippen molar-refractivity contribution >= 4 is 0 Å². The molecule has 3 N–H and O–H groups in total. The Balaban J connectivity index is 1.76. The number of furan rings is 1. The molecule has 0 bridgehead atoms. The van der Waals surface area contributed by atoms with E-state index in [1.807, 2.05) is 13.0 Å². The van der Waals surface area contributed by atoms with Gasteiger partial charge in [-0.25, -0.2) is 0 Å². The van der Waals surface area contributed by atoms with Crippen molar-refractivity contribution in [2.24, 2.45) is 11.8 Å². The highest BCUT2D eigenvalue weighted by Crippen LogP contribution is 2.42. The van der Waals surface area contributed by atoms with Gasteiger partial charge in [-0.3, -0.25) is 11.3 Å². The molecule has 20 heavy (non-hydrogen) atoms. The van der Waals surface area contributed by atoms with Crippen molar-refractivity contribution in [2.45, 2.75) is 44.2 Å². The lowest BCUT2D eigenvalue weighted by molar-refractivity contribution is -0.150. The van der Waals surface area contributed by atoms with E-state index in [0.717, 1.165) is 51.3 Å². The highest BCUT2D eigenvalue weighted by Gasteiger charge is 2.41. The largest absolute Gasteiger partial charge is 0.469 e. The molecule has 2 saturated heterocycles. The maximum absolute atomic E-state index is 6.11. The SMILES string of the molecule is Cc1occc1C(NN)C1CCOC2(CCOCC2)C1. The third kappa shape index (κ3) is 2.63. The molecule has 1 spiro atoms. The molecule has 2 unspecified atom stereocenters. The van der Waals surface area contributed by atoms with E-state index in [1.54, 1.807) is 6.26 Å². The fraction of sp³-hybridized carbons (Fsp3) is 0.733. The maximum Gasteiger partial charge on any atom is 0.105 e. The van der Waals surface area contributed by atoms with Crippen molar-refractivity contribution in [1.29, 1.82) is 0 Å². The van der Waals surface area contributed by atoms with Crippen LogP contribution >= 0.6 is 0 Å². The summed E-state index contributed by atoms with van der Waals surface area (Å²) in [5, 5.41) is 0. The average Bonchev–Trinajstić information content (AvgIpc) is 2.87. The molecule has 112 valence electrons. The summed E-state index contributed by atoms with van der Waals surface area (Å²) in [7, 11) is 0. The molecule has 2 atom stereocenters. The minimum absolute atomic E-state index is 0.00604. The van der Waals surface area contributed by atoms with E-state index in [4.69, 9.17) is 19.7 Å². The fourth-order valence-corrected chi connectivity index (χ4v) is 3.64. The molecule has 2 aliphatic heterocycles. The molecule has 1 aromatic rings. The number of hydrogen-bond acceptors (Lipinski definition) is 5. The smallest absolute Gasteiger partial charge is 0.105 e. The van der Waals surface area contributed by atoms with Gasteiger partial charge in [0.15, 0.2) is 0 Å². The molecule has 0 amide bonds. The van der Waals surface area contributed by atoms with Crippen molar-refractivity contribution in [3.8, 4) is 0 Å². The number of hydrazine groups is 1. The Kier molecular flexibility index (Phi) is 4.12. The normalized spacial score (nSPS) is 27.6. The molecular formula is C15H24N2O3. The maximum atomic E-state index is 6.11. The Morgan fingerprint density at radius 2 is 2.15 bits per heavy atom. The lowest BCUT2D eigenvalue weighted by Gasteiger charge is -2.45. The standard InChI is InChI=1S/C15H24N2O3/c1-11-13(3-6-19-11)14(17-16)12-2-7-20-15(10-12)4-8-18-9-5-15/h3,6,12,14,17H,2,4-5,7-10,16H2,1H3. The van der Waals surface area contributed by atoms with Gasteiger partial charge in [0, 0.05) is 25.4 Å². The van der Waals surface area contributed by atoms with E-state index in [9.17, 15) is 0 Å². The fourth-order valence-electron chi connectivity index (χ4n) is 3.64. The predicted octanol–water partition coefficient (Wildman–Crippen LogP) is 2.07. The van der Waals surface area contributed by atoms with Gasteiger partial charge in [0.2, 0.25) is 0 Å². The van der Waals surface area contributed by atoms with Crippen LogP contribution in [0.1, 0.15) is 43.0 Å². The summed E-state index contributed by atoms with van der Waals surface area (Å²) >= 11 is 0. The van der Waals surface area contributed by atoms with Crippen molar-refractivity contribution < 1.29 is 13.9 Å². The summed E-state index contributed by atoms with van der Waals surface area (Å²) in [4.78, 5) is 0. The summed E-state index contributed by atoms with van der Waals surface area (Å²) in [6, 6.07) is 2.16. The van der Waals surface area contributed by atoms with Crippen LogP contribution in [0.25, 0.3) is 0 Å². The zero-order chi connectivity index (χ0) is 14.0. The first kappa shape index (κ1) is 14.1. The molecule has 3 heterocycles. The van der Waals surface area contributed by atoms with Crippen molar-refractivity contribution in [3.63, 3.8) is 0 Å². The Hall–Kier alpha value is -0.880. The number of hydrogen-bond donors (Lipinski definition) is 2. The van der Waals surface area contributed by atoms with Crippen LogP contribution in [0.3, 0.4) is 0 Å². The third-order valence-electron chi connectivity index (χ3n) is 4.82. The summed E-state index contributed by atoms with van der Waals surface area (Å²) in [5.74, 6) is 7.24. The van der Waals surface area contributed by atoms with Gasteiger partial charge in [0.1, 0.15) is 5.76 Å². The number of ether oxygens (including phenoxy) is 2. The first-order valence-electron chi connectivity index (χ1n) is 7.46. The van der Waals surface area contributed by atoms with Crippen molar-refractivity contribution in [3.05, 3.63) is 23.7 Å². The Bertz CT molecular complexity index is 435. The van der Waals surface area contributed by atoms with Gasteiger partial charge >= 0.3 is 0 Å². The summed E-state index contributed by atoms with van der Waals surface area (Å²) < 4.78 is 17.0. The number of nitrogens with one attached hydrogen (secondary N) is 1. The van der Waals surface area contributed by atoms with Gasteiger partial charge in [-0.1, -0.05) is 0 Å². The second-order valence-electron chi connectivity index (χ2n) is 5.97. The molecule has 1 aromatic heterocycles. The van der Waals surface area contributed by atoms with Gasteiger partial charge in [-0.05, 0) is 44.6 Å². The second kappa shape index (κ2) is 5.85. The van der Waals surface area contributed by atoms with Crippen LogP contribution in [0.5, 0.6) is 0 Å². The predicted molar refractivity (Wildman–Crippen MR) is 75.0 cm³/mol. The highest BCUT2D eigenvalue weighted by atomic mass is 16.5. The minimum atomic E-state index is -0.00604. The minimum Gasteiger partial charge on any atom is -0.469 e. The van der Waals surface area contributed by atoms with E-state index in [-0.39, 0.29) is 11.6 Å². The molecule has 3 rings (SSSR count).